The Morgan fingerprint density at radius 2 is 2.00 bits per heavy atom. The van der Waals surface area contributed by atoms with E-state index >= 15 is 0 Å². The number of hydrogen-bond donors (Lipinski definition) is 0. The Bertz CT molecular complexity index is 527. The van der Waals surface area contributed by atoms with E-state index in [4.69, 9.17) is 0 Å². The molecule has 0 aliphatic carbocycles. The third-order valence-corrected chi connectivity index (χ3v) is 2.32. The first kappa shape index (κ1) is 9.71. The van der Waals surface area contributed by atoms with Gasteiger partial charge in [-0.1, -0.05) is 18.2 Å². The zero-order valence-electron chi connectivity index (χ0n) is 8.35. The predicted octanol–water partition coefficient (Wildman–Crippen LogP) is 1.37. The average Bonchev–Trinajstić information content (AvgIpc) is 2.53. The SMILES string of the molecule is Cn1ccn(Cc2ccccc2F)c1=O. The highest BCUT2D eigenvalue weighted by Crippen LogP contribution is 2.07. The minimum atomic E-state index is -0.284. The van der Waals surface area contributed by atoms with Gasteiger partial charge in [-0.2, -0.15) is 0 Å². The normalized spacial score (nSPS) is 10.5. The molecule has 0 saturated carbocycles. The quantitative estimate of drug-likeness (QED) is 0.729. The van der Waals surface area contributed by atoms with Crippen LogP contribution in [0, 0.1) is 5.82 Å². The summed E-state index contributed by atoms with van der Waals surface area (Å²) in [5.74, 6) is -0.284. The lowest BCUT2D eigenvalue weighted by molar-refractivity contribution is 0.594. The first-order chi connectivity index (χ1) is 7.18. The van der Waals surface area contributed by atoms with E-state index in [1.165, 1.54) is 15.2 Å². The summed E-state index contributed by atoms with van der Waals surface area (Å²) in [5, 5.41) is 0. The summed E-state index contributed by atoms with van der Waals surface area (Å²) in [5.41, 5.74) is 0.379. The zero-order chi connectivity index (χ0) is 10.8. The molecule has 1 aromatic heterocycles. The van der Waals surface area contributed by atoms with Crippen molar-refractivity contribution in [1.29, 1.82) is 0 Å². The fourth-order valence-corrected chi connectivity index (χ4v) is 1.44. The van der Waals surface area contributed by atoms with E-state index in [1.807, 2.05) is 0 Å². The first-order valence-corrected chi connectivity index (χ1v) is 4.63. The molecule has 0 aliphatic rings. The number of benzene rings is 1. The van der Waals surface area contributed by atoms with Gasteiger partial charge in [0.1, 0.15) is 5.82 Å². The van der Waals surface area contributed by atoms with E-state index in [1.54, 1.807) is 37.6 Å². The van der Waals surface area contributed by atoms with E-state index < -0.39 is 0 Å². The summed E-state index contributed by atoms with van der Waals surface area (Å²) in [7, 11) is 1.67. The molecule has 0 spiro atoms. The Balaban J connectivity index is 2.34. The summed E-state index contributed by atoms with van der Waals surface area (Å²) in [6.07, 6.45) is 3.30. The smallest absolute Gasteiger partial charge is 0.302 e. The molecular weight excluding hydrogens is 195 g/mol. The van der Waals surface area contributed by atoms with Gasteiger partial charge in [-0.15, -0.1) is 0 Å². The molecule has 0 aliphatic heterocycles. The first-order valence-electron chi connectivity index (χ1n) is 4.63. The third-order valence-electron chi connectivity index (χ3n) is 2.32. The van der Waals surface area contributed by atoms with Crippen LogP contribution in [0.2, 0.25) is 0 Å². The van der Waals surface area contributed by atoms with Crippen molar-refractivity contribution in [3.8, 4) is 0 Å². The van der Waals surface area contributed by atoms with Gasteiger partial charge >= 0.3 is 5.69 Å². The van der Waals surface area contributed by atoms with Crippen molar-refractivity contribution in [2.24, 2.45) is 7.05 Å². The number of imidazole rings is 1. The second-order valence-electron chi connectivity index (χ2n) is 3.41. The number of aryl methyl sites for hydroxylation is 1. The molecule has 0 fully saturated rings. The van der Waals surface area contributed by atoms with Crippen molar-refractivity contribution in [3.05, 3.63) is 58.5 Å². The molecule has 0 amide bonds. The van der Waals surface area contributed by atoms with Crippen LogP contribution in [0.5, 0.6) is 0 Å². The van der Waals surface area contributed by atoms with Gasteiger partial charge in [0, 0.05) is 25.0 Å². The minimum Gasteiger partial charge on any atom is -0.302 e. The second-order valence-corrected chi connectivity index (χ2v) is 3.41. The Kier molecular flexibility index (Phi) is 2.41. The lowest BCUT2D eigenvalue weighted by Crippen LogP contribution is -2.22. The highest BCUT2D eigenvalue weighted by atomic mass is 19.1. The van der Waals surface area contributed by atoms with Crippen molar-refractivity contribution in [1.82, 2.24) is 9.13 Å². The van der Waals surface area contributed by atoms with Crippen LogP contribution in [-0.4, -0.2) is 9.13 Å². The topological polar surface area (TPSA) is 26.9 Å². The molecule has 15 heavy (non-hydrogen) atoms. The Labute approximate surface area is 86.4 Å². The molecule has 0 atom stereocenters. The number of nitrogens with zero attached hydrogens (tertiary/aromatic N) is 2. The summed E-state index contributed by atoms with van der Waals surface area (Å²) in [4.78, 5) is 11.5. The third kappa shape index (κ3) is 1.83. The zero-order valence-corrected chi connectivity index (χ0v) is 8.35. The summed E-state index contributed by atoms with van der Waals surface area (Å²) < 4.78 is 16.2. The van der Waals surface area contributed by atoms with Crippen molar-refractivity contribution >= 4 is 0 Å². The molecule has 1 heterocycles. The van der Waals surface area contributed by atoms with Gasteiger partial charge < -0.3 is 4.57 Å². The van der Waals surface area contributed by atoms with E-state index in [9.17, 15) is 9.18 Å². The Morgan fingerprint density at radius 1 is 1.27 bits per heavy atom. The van der Waals surface area contributed by atoms with Crippen molar-refractivity contribution in [3.63, 3.8) is 0 Å². The fraction of sp³-hybridized carbons (Fsp3) is 0.182. The van der Waals surface area contributed by atoms with Crippen LogP contribution in [0.3, 0.4) is 0 Å². The van der Waals surface area contributed by atoms with Gasteiger partial charge in [0.15, 0.2) is 0 Å². The molecule has 0 radical (unpaired) electrons. The van der Waals surface area contributed by atoms with E-state index in [2.05, 4.69) is 0 Å². The number of rotatable bonds is 2. The number of hydrogen-bond acceptors (Lipinski definition) is 1. The molecular formula is C11H11FN2O. The van der Waals surface area contributed by atoms with Crippen LogP contribution in [0.4, 0.5) is 4.39 Å². The van der Waals surface area contributed by atoms with Gasteiger partial charge in [-0.05, 0) is 6.07 Å². The van der Waals surface area contributed by atoms with Crippen molar-refractivity contribution in [2.75, 3.05) is 0 Å². The van der Waals surface area contributed by atoms with E-state index in [-0.39, 0.29) is 18.1 Å². The summed E-state index contributed by atoms with van der Waals surface area (Å²) in [6.45, 7) is 0.270. The lowest BCUT2D eigenvalue weighted by Gasteiger charge is -2.02. The molecule has 0 unspecified atom stereocenters. The largest absolute Gasteiger partial charge is 0.328 e. The second kappa shape index (κ2) is 3.73. The maximum Gasteiger partial charge on any atom is 0.328 e. The van der Waals surface area contributed by atoms with Crippen LogP contribution in [0.25, 0.3) is 0 Å². The van der Waals surface area contributed by atoms with E-state index in [0.29, 0.717) is 5.56 Å². The number of halogens is 1. The lowest BCUT2D eigenvalue weighted by atomic mass is 10.2. The van der Waals surface area contributed by atoms with Crippen LogP contribution < -0.4 is 5.69 Å². The van der Waals surface area contributed by atoms with Crippen LogP contribution in [0.15, 0.2) is 41.5 Å². The van der Waals surface area contributed by atoms with Crippen LogP contribution >= 0.6 is 0 Å². The summed E-state index contributed by atoms with van der Waals surface area (Å²) in [6, 6.07) is 6.46. The van der Waals surface area contributed by atoms with Crippen LogP contribution in [0.1, 0.15) is 5.56 Å². The maximum atomic E-state index is 13.3. The van der Waals surface area contributed by atoms with Gasteiger partial charge in [-0.3, -0.25) is 4.57 Å². The van der Waals surface area contributed by atoms with Crippen molar-refractivity contribution in [2.45, 2.75) is 6.54 Å². The molecule has 2 aromatic rings. The molecule has 4 heteroatoms. The minimum absolute atomic E-state index is 0.141. The van der Waals surface area contributed by atoms with E-state index in [0.717, 1.165) is 0 Å². The van der Waals surface area contributed by atoms with Gasteiger partial charge in [-0.25, -0.2) is 9.18 Å². The standard InChI is InChI=1S/C11H11FN2O/c1-13-6-7-14(11(13)15)8-9-4-2-3-5-10(9)12/h2-7H,8H2,1H3. The van der Waals surface area contributed by atoms with Crippen molar-refractivity contribution < 1.29 is 4.39 Å². The number of aromatic nitrogens is 2. The van der Waals surface area contributed by atoms with Gasteiger partial charge in [0.05, 0.1) is 6.54 Å². The average molecular weight is 206 g/mol. The molecule has 0 N–H and O–H groups in total. The Hall–Kier alpha value is -1.84. The van der Waals surface area contributed by atoms with Crippen LogP contribution in [-0.2, 0) is 13.6 Å². The molecule has 78 valence electrons. The molecule has 0 saturated heterocycles. The maximum absolute atomic E-state index is 13.3. The van der Waals surface area contributed by atoms with Gasteiger partial charge in [0.2, 0.25) is 0 Å². The van der Waals surface area contributed by atoms with Gasteiger partial charge in [0.25, 0.3) is 0 Å². The molecule has 2 rings (SSSR count). The molecule has 1 aromatic carbocycles. The summed E-state index contributed by atoms with van der Waals surface area (Å²) >= 11 is 0. The fourth-order valence-electron chi connectivity index (χ4n) is 1.44. The molecule has 0 bridgehead atoms. The monoisotopic (exact) mass is 206 g/mol. The molecule has 3 nitrogen and oxygen atoms in total. The predicted molar refractivity (Wildman–Crippen MR) is 55.2 cm³/mol. The highest BCUT2D eigenvalue weighted by Gasteiger charge is 2.04. The highest BCUT2D eigenvalue weighted by molar-refractivity contribution is 5.17. The Morgan fingerprint density at radius 3 is 2.60 bits per heavy atom.